The number of nitrogens with zero attached hydrogens (tertiary/aromatic N) is 1. The summed E-state index contributed by atoms with van der Waals surface area (Å²) in [6.07, 6.45) is 5.06. The number of aromatic nitrogens is 1. The maximum Gasteiger partial charge on any atom is 0.244 e. The first-order chi connectivity index (χ1) is 9.15. The highest BCUT2D eigenvalue weighted by Gasteiger charge is 1.99. The molecule has 4 heteroatoms. The van der Waals surface area contributed by atoms with Gasteiger partial charge < -0.3 is 10.5 Å². The first-order valence-electron chi connectivity index (χ1n) is 5.81. The molecule has 1 aromatic heterocycles. The number of benzene rings is 1. The minimum atomic E-state index is -0.421. The van der Waals surface area contributed by atoms with E-state index in [-0.39, 0.29) is 0 Å². The van der Waals surface area contributed by atoms with Crippen LogP contribution in [0.25, 0.3) is 6.08 Å². The van der Waals surface area contributed by atoms with E-state index in [0.717, 1.165) is 5.56 Å². The van der Waals surface area contributed by atoms with Gasteiger partial charge in [-0.1, -0.05) is 12.1 Å². The zero-order chi connectivity index (χ0) is 13.7. The lowest BCUT2D eigenvalue weighted by Gasteiger charge is -2.05. The van der Waals surface area contributed by atoms with Crippen LogP contribution in [-0.4, -0.2) is 10.9 Å². The van der Waals surface area contributed by atoms with E-state index in [1.54, 1.807) is 25.4 Å². The minimum absolute atomic E-state index is 0.421. The van der Waals surface area contributed by atoms with Crippen molar-refractivity contribution in [2.45, 2.75) is 6.92 Å². The van der Waals surface area contributed by atoms with Crippen LogP contribution in [0.1, 0.15) is 12.5 Å². The maximum atomic E-state index is 10.9. The normalized spacial score (nSPS) is 11.1. The fourth-order valence-electron chi connectivity index (χ4n) is 1.50. The number of nitrogens with two attached hydrogens (primary N) is 1. The van der Waals surface area contributed by atoms with Gasteiger partial charge in [-0.2, -0.15) is 0 Å². The van der Waals surface area contributed by atoms with Crippen molar-refractivity contribution >= 4 is 12.0 Å². The zero-order valence-electron chi connectivity index (χ0n) is 10.5. The van der Waals surface area contributed by atoms with Gasteiger partial charge in [-0.15, -0.1) is 0 Å². The number of rotatable bonds is 4. The highest BCUT2D eigenvalue weighted by molar-refractivity contribution is 5.95. The summed E-state index contributed by atoms with van der Waals surface area (Å²) in [4.78, 5) is 14.9. The Morgan fingerprint density at radius 1 is 1.21 bits per heavy atom. The lowest BCUT2D eigenvalue weighted by Crippen LogP contribution is -2.11. The van der Waals surface area contributed by atoms with Crippen LogP contribution < -0.4 is 10.5 Å². The molecule has 1 aromatic carbocycles. The summed E-state index contributed by atoms with van der Waals surface area (Å²) < 4.78 is 5.61. The van der Waals surface area contributed by atoms with Crippen LogP contribution in [0, 0.1) is 0 Å². The lowest BCUT2D eigenvalue weighted by atomic mass is 10.1. The Balaban J connectivity index is 2.11. The highest BCUT2D eigenvalue weighted by atomic mass is 16.5. The molecule has 19 heavy (non-hydrogen) atoms. The van der Waals surface area contributed by atoms with Gasteiger partial charge in [0.1, 0.15) is 11.5 Å². The summed E-state index contributed by atoms with van der Waals surface area (Å²) in [5.41, 5.74) is 6.59. The summed E-state index contributed by atoms with van der Waals surface area (Å²) in [5, 5.41) is 0. The average Bonchev–Trinajstić information content (AvgIpc) is 2.42. The Kier molecular flexibility index (Phi) is 3.93. The van der Waals surface area contributed by atoms with Crippen LogP contribution in [0.15, 0.2) is 54.4 Å². The van der Waals surface area contributed by atoms with Gasteiger partial charge in [0.25, 0.3) is 0 Å². The van der Waals surface area contributed by atoms with E-state index in [1.165, 1.54) is 0 Å². The number of ether oxygens (including phenoxy) is 1. The van der Waals surface area contributed by atoms with Crippen LogP contribution >= 0.6 is 0 Å². The van der Waals surface area contributed by atoms with Gasteiger partial charge in [-0.3, -0.25) is 9.78 Å². The van der Waals surface area contributed by atoms with E-state index >= 15 is 0 Å². The first-order valence-corrected chi connectivity index (χ1v) is 5.81. The zero-order valence-corrected chi connectivity index (χ0v) is 10.5. The Bertz CT molecular complexity index is 589. The third-order valence-electron chi connectivity index (χ3n) is 2.52. The van der Waals surface area contributed by atoms with Crippen molar-refractivity contribution in [3.63, 3.8) is 0 Å². The summed E-state index contributed by atoms with van der Waals surface area (Å²) >= 11 is 0. The number of hydrogen-bond acceptors (Lipinski definition) is 3. The molecule has 2 aromatic rings. The summed E-state index contributed by atoms with van der Waals surface area (Å²) in [5.74, 6) is 0.969. The molecule has 96 valence electrons. The molecule has 0 saturated heterocycles. The quantitative estimate of drug-likeness (QED) is 0.853. The van der Waals surface area contributed by atoms with E-state index in [1.807, 2.05) is 36.4 Å². The smallest absolute Gasteiger partial charge is 0.244 e. The number of pyridine rings is 1. The van der Waals surface area contributed by atoms with Crippen molar-refractivity contribution in [2.24, 2.45) is 5.73 Å². The van der Waals surface area contributed by atoms with E-state index in [0.29, 0.717) is 17.1 Å². The van der Waals surface area contributed by atoms with Crippen LogP contribution in [0.3, 0.4) is 0 Å². The fourth-order valence-corrected chi connectivity index (χ4v) is 1.50. The topological polar surface area (TPSA) is 65.2 Å². The molecule has 0 unspecified atom stereocenters. The summed E-state index contributed by atoms with van der Waals surface area (Å²) in [6.45, 7) is 1.68. The van der Waals surface area contributed by atoms with E-state index in [2.05, 4.69) is 4.98 Å². The summed E-state index contributed by atoms with van der Waals surface area (Å²) in [6, 6.07) is 11.0. The molecule has 0 bridgehead atoms. The number of carbonyl (C=O) groups excluding carboxylic acids is 1. The molecule has 0 aliphatic heterocycles. The third-order valence-corrected chi connectivity index (χ3v) is 2.52. The standard InChI is InChI=1S/C15H14N2O2/c1-11(15(16)18)9-12-4-6-13(7-5-12)19-14-3-2-8-17-10-14/h2-10H,1H3,(H2,16,18)/b11-9+. The monoisotopic (exact) mass is 254 g/mol. The lowest BCUT2D eigenvalue weighted by molar-refractivity contribution is -0.114. The van der Waals surface area contributed by atoms with Crippen LogP contribution in [0.5, 0.6) is 11.5 Å². The highest BCUT2D eigenvalue weighted by Crippen LogP contribution is 2.21. The second kappa shape index (κ2) is 5.82. The van der Waals surface area contributed by atoms with Crippen molar-refractivity contribution < 1.29 is 9.53 Å². The predicted molar refractivity (Wildman–Crippen MR) is 73.6 cm³/mol. The molecular formula is C15H14N2O2. The van der Waals surface area contributed by atoms with Gasteiger partial charge in [0, 0.05) is 11.8 Å². The molecule has 0 atom stereocenters. The molecule has 2 rings (SSSR count). The van der Waals surface area contributed by atoms with Crippen molar-refractivity contribution in [1.29, 1.82) is 0 Å². The van der Waals surface area contributed by atoms with Gasteiger partial charge in [0.15, 0.2) is 0 Å². The minimum Gasteiger partial charge on any atom is -0.456 e. The molecule has 4 nitrogen and oxygen atoms in total. The molecule has 0 fully saturated rings. The average molecular weight is 254 g/mol. The van der Waals surface area contributed by atoms with Gasteiger partial charge >= 0.3 is 0 Å². The maximum absolute atomic E-state index is 10.9. The number of hydrogen-bond donors (Lipinski definition) is 1. The number of amides is 1. The molecule has 0 spiro atoms. The van der Waals surface area contributed by atoms with E-state index in [9.17, 15) is 4.79 Å². The van der Waals surface area contributed by atoms with Gasteiger partial charge in [-0.05, 0) is 42.8 Å². The Morgan fingerprint density at radius 2 is 1.95 bits per heavy atom. The van der Waals surface area contributed by atoms with Crippen LogP contribution in [0.2, 0.25) is 0 Å². The van der Waals surface area contributed by atoms with Crippen LogP contribution in [0.4, 0.5) is 0 Å². The number of primary amides is 1. The predicted octanol–water partition coefficient (Wildman–Crippen LogP) is 2.76. The van der Waals surface area contributed by atoms with Crippen molar-refractivity contribution in [3.8, 4) is 11.5 Å². The number of carbonyl (C=O) groups is 1. The largest absolute Gasteiger partial charge is 0.456 e. The fraction of sp³-hybridized carbons (Fsp3) is 0.0667. The first kappa shape index (κ1) is 12.8. The van der Waals surface area contributed by atoms with Gasteiger partial charge in [-0.25, -0.2) is 0 Å². The van der Waals surface area contributed by atoms with E-state index in [4.69, 9.17) is 10.5 Å². The molecule has 0 radical (unpaired) electrons. The molecule has 2 N–H and O–H groups in total. The van der Waals surface area contributed by atoms with Gasteiger partial charge in [0.05, 0.1) is 6.20 Å². The molecule has 0 aliphatic rings. The summed E-state index contributed by atoms with van der Waals surface area (Å²) in [7, 11) is 0. The Hall–Kier alpha value is -2.62. The molecule has 1 heterocycles. The second-order valence-electron chi connectivity index (χ2n) is 4.05. The third kappa shape index (κ3) is 3.67. The SMILES string of the molecule is C/C(=C\c1ccc(Oc2cccnc2)cc1)C(N)=O. The van der Waals surface area contributed by atoms with Crippen molar-refractivity contribution in [2.75, 3.05) is 0 Å². The molecule has 0 saturated carbocycles. The molecule has 1 amide bonds. The van der Waals surface area contributed by atoms with Gasteiger partial charge in [0.2, 0.25) is 5.91 Å². The second-order valence-corrected chi connectivity index (χ2v) is 4.05. The van der Waals surface area contributed by atoms with Crippen molar-refractivity contribution in [1.82, 2.24) is 4.98 Å². The molecular weight excluding hydrogens is 240 g/mol. The Morgan fingerprint density at radius 3 is 2.53 bits per heavy atom. The molecule has 0 aliphatic carbocycles. The van der Waals surface area contributed by atoms with Crippen molar-refractivity contribution in [3.05, 3.63) is 59.9 Å². The van der Waals surface area contributed by atoms with Crippen LogP contribution in [-0.2, 0) is 4.79 Å². The van der Waals surface area contributed by atoms with E-state index < -0.39 is 5.91 Å². The Labute approximate surface area is 111 Å².